The largest absolute Gasteiger partial charge is 0.373 e. The molecule has 0 saturated carbocycles. The fourth-order valence-electron chi connectivity index (χ4n) is 0. The van der Waals surface area contributed by atoms with Crippen LogP contribution in [-0.2, 0) is 28.1 Å². The molecule has 4 heavy (non-hydrogen) atoms. The molecule has 21 valence electrons. The van der Waals surface area contributed by atoms with Crippen LogP contribution in [0.25, 0.3) is 0 Å². The summed E-state index contributed by atoms with van der Waals surface area (Å²) in [7, 11) is 0. The van der Waals surface area contributed by atoms with Crippen molar-refractivity contribution >= 4 is 6.15 Å². The van der Waals surface area contributed by atoms with Gasteiger partial charge in [-0.05, 0) is 0 Å². The SMILES string of the molecule is O=C=O.[V]. The van der Waals surface area contributed by atoms with Crippen molar-refractivity contribution in [3.05, 3.63) is 0 Å². The average molecular weight is 95.0 g/mol. The summed E-state index contributed by atoms with van der Waals surface area (Å²) in [5.74, 6) is 0. The van der Waals surface area contributed by atoms with E-state index >= 15 is 0 Å². The van der Waals surface area contributed by atoms with E-state index in [1.165, 1.54) is 0 Å². The molecule has 0 aliphatic carbocycles. The Balaban J connectivity index is 0. The molecule has 2 nitrogen and oxygen atoms in total. The van der Waals surface area contributed by atoms with Crippen LogP contribution < -0.4 is 0 Å². The monoisotopic (exact) mass is 94.9 g/mol. The smallest absolute Gasteiger partial charge is 0.186 e. The van der Waals surface area contributed by atoms with Crippen molar-refractivity contribution < 1.29 is 28.1 Å². The maximum absolute atomic E-state index is 8.12. The Morgan fingerprint density at radius 3 is 1.25 bits per heavy atom. The van der Waals surface area contributed by atoms with Crippen LogP contribution in [0, 0.1) is 0 Å². The Morgan fingerprint density at radius 2 is 1.25 bits per heavy atom. The Kier molecular flexibility index (Phi) is 27.8. The molecule has 0 aliphatic heterocycles. The third-order valence-electron chi connectivity index (χ3n) is 0. The van der Waals surface area contributed by atoms with Crippen molar-refractivity contribution in [3.8, 4) is 0 Å². The maximum atomic E-state index is 8.12. The van der Waals surface area contributed by atoms with E-state index in [0.717, 1.165) is 0 Å². The molecule has 0 aromatic carbocycles. The standard InChI is InChI=1S/CO2.V/c2-1-3;. The molecule has 0 amide bonds. The minimum absolute atomic E-state index is 0. The van der Waals surface area contributed by atoms with E-state index in [9.17, 15) is 0 Å². The van der Waals surface area contributed by atoms with Crippen LogP contribution in [0.3, 0.4) is 0 Å². The molecule has 1 radical (unpaired) electrons. The van der Waals surface area contributed by atoms with Crippen LogP contribution in [0.1, 0.15) is 0 Å². The Morgan fingerprint density at radius 1 is 1.25 bits per heavy atom. The second-order valence-corrected chi connectivity index (χ2v) is 0.0833. The van der Waals surface area contributed by atoms with Crippen LogP contribution in [-0.4, -0.2) is 6.15 Å². The van der Waals surface area contributed by atoms with E-state index in [2.05, 4.69) is 0 Å². The molecule has 0 atom stereocenters. The first-order valence-electron chi connectivity index (χ1n) is 0.408. The minimum atomic E-state index is 0. The van der Waals surface area contributed by atoms with Crippen molar-refractivity contribution in [1.82, 2.24) is 0 Å². The Hall–Kier alpha value is -0.0356. The van der Waals surface area contributed by atoms with Crippen molar-refractivity contribution in [3.63, 3.8) is 0 Å². The van der Waals surface area contributed by atoms with Gasteiger partial charge < -0.3 is 0 Å². The topological polar surface area (TPSA) is 34.1 Å². The number of hydrogen-bond donors (Lipinski definition) is 0. The normalized spacial score (nSPS) is 2.00. The molecule has 0 bridgehead atoms. The van der Waals surface area contributed by atoms with Gasteiger partial charge in [-0.1, -0.05) is 0 Å². The van der Waals surface area contributed by atoms with E-state index < -0.39 is 0 Å². The molecule has 0 heterocycles. The van der Waals surface area contributed by atoms with Crippen LogP contribution in [0.5, 0.6) is 0 Å². The van der Waals surface area contributed by atoms with Gasteiger partial charge in [0.25, 0.3) is 0 Å². The molecule has 0 aromatic rings. The third kappa shape index (κ3) is 1440. The summed E-state index contributed by atoms with van der Waals surface area (Å²) in [6.07, 6.45) is 0.250. The predicted molar refractivity (Wildman–Crippen MR) is 5.01 cm³/mol. The van der Waals surface area contributed by atoms with E-state index in [-0.39, 0.29) is 24.7 Å². The van der Waals surface area contributed by atoms with E-state index in [0.29, 0.717) is 0 Å². The van der Waals surface area contributed by atoms with Crippen molar-refractivity contribution in [2.75, 3.05) is 0 Å². The molecular weight excluding hydrogens is 95.0 g/mol. The molecule has 0 aliphatic rings. The molecular formula is CO2V. The van der Waals surface area contributed by atoms with Crippen molar-refractivity contribution in [1.29, 1.82) is 0 Å². The summed E-state index contributed by atoms with van der Waals surface area (Å²) in [5.41, 5.74) is 0. The van der Waals surface area contributed by atoms with Gasteiger partial charge in [-0.15, -0.1) is 0 Å². The summed E-state index contributed by atoms with van der Waals surface area (Å²) >= 11 is 0. The van der Waals surface area contributed by atoms with Gasteiger partial charge in [0, 0.05) is 18.6 Å². The van der Waals surface area contributed by atoms with Gasteiger partial charge in [0.05, 0.1) is 0 Å². The predicted octanol–water partition coefficient (Wildman–Crippen LogP) is -0.586. The van der Waals surface area contributed by atoms with Gasteiger partial charge in [-0.3, -0.25) is 0 Å². The minimum Gasteiger partial charge on any atom is -0.186 e. The number of rotatable bonds is 0. The first-order valence-corrected chi connectivity index (χ1v) is 0.408. The van der Waals surface area contributed by atoms with Crippen molar-refractivity contribution in [2.24, 2.45) is 0 Å². The zero-order valence-electron chi connectivity index (χ0n) is 1.76. The van der Waals surface area contributed by atoms with Crippen LogP contribution in [0.15, 0.2) is 0 Å². The summed E-state index contributed by atoms with van der Waals surface area (Å²) in [4.78, 5) is 16.2. The number of carbonyl (C=O) groups excluding carboxylic acids is 2. The van der Waals surface area contributed by atoms with Gasteiger partial charge in [0.15, 0.2) is 0 Å². The number of hydrogen-bond acceptors (Lipinski definition) is 2. The summed E-state index contributed by atoms with van der Waals surface area (Å²) < 4.78 is 0. The van der Waals surface area contributed by atoms with Crippen LogP contribution >= 0.6 is 0 Å². The first kappa shape index (κ1) is 9.03. The van der Waals surface area contributed by atoms with Crippen LogP contribution in [0.4, 0.5) is 0 Å². The summed E-state index contributed by atoms with van der Waals surface area (Å²) in [6.45, 7) is 0. The third-order valence-corrected chi connectivity index (χ3v) is 0. The fraction of sp³-hybridized carbons (Fsp3) is 0. The van der Waals surface area contributed by atoms with Gasteiger partial charge in [-0.25, -0.2) is 0 Å². The Bertz CT molecular complexity index is 27.0. The first-order chi connectivity index (χ1) is 1.41. The van der Waals surface area contributed by atoms with E-state index in [4.69, 9.17) is 9.59 Å². The molecule has 0 saturated heterocycles. The molecule has 0 fully saturated rings. The second kappa shape index (κ2) is 12.3. The van der Waals surface area contributed by atoms with Gasteiger partial charge in [-0.2, -0.15) is 9.59 Å². The maximum Gasteiger partial charge on any atom is 0.373 e. The molecule has 0 unspecified atom stereocenters. The molecule has 0 N–H and O–H groups in total. The average Bonchev–Trinajstić information content (AvgIpc) is 0.918. The molecule has 0 rings (SSSR count). The van der Waals surface area contributed by atoms with Crippen LogP contribution in [0.2, 0.25) is 0 Å². The van der Waals surface area contributed by atoms with Gasteiger partial charge >= 0.3 is 6.15 Å². The molecule has 3 heteroatoms. The van der Waals surface area contributed by atoms with E-state index in [1.54, 1.807) is 0 Å². The second-order valence-electron chi connectivity index (χ2n) is 0.0833. The quantitative estimate of drug-likeness (QED) is 0.403. The summed E-state index contributed by atoms with van der Waals surface area (Å²) in [5, 5.41) is 0. The van der Waals surface area contributed by atoms with Gasteiger partial charge in [0.2, 0.25) is 0 Å². The zero-order valence-corrected chi connectivity index (χ0v) is 3.16. The molecule has 0 spiro atoms. The van der Waals surface area contributed by atoms with E-state index in [1.807, 2.05) is 0 Å². The zero-order chi connectivity index (χ0) is 2.71. The fourth-order valence-corrected chi connectivity index (χ4v) is 0. The van der Waals surface area contributed by atoms with Crippen molar-refractivity contribution in [2.45, 2.75) is 0 Å². The molecule has 0 aromatic heterocycles. The van der Waals surface area contributed by atoms with Gasteiger partial charge in [0.1, 0.15) is 0 Å². The summed E-state index contributed by atoms with van der Waals surface area (Å²) in [6, 6.07) is 0. The Labute approximate surface area is 35.1 Å².